The van der Waals surface area contributed by atoms with Crippen LogP contribution in [0.15, 0.2) is 28.5 Å². The van der Waals surface area contributed by atoms with Gasteiger partial charge in [-0.15, -0.1) is 11.3 Å². The van der Waals surface area contributed by atoms with Crippen LogP contribution >= 0.6 is 11.3 Å². The molecule has 2 aromatic rings. The van der Waals surface area contributed by atoms with Crippen LogP contribution in [-0.2, 0) is 29.3 Å². The summed E-state index contributed by atoms with van der Waals surface area (Å²) in [5.74, 6) is 0. The van der Waals surface area contributed by atoms with Gasteiger partial charge in [-0.1, -0.05) is 6.07 Å². The van der Waals surface area contributed by atoms with Gasteiger partial charge in [0.05, 0.1) is 10.6 Å². The number of rotatable bonds is 5. The molecule has 3 N–H and O–H groups in total. The fourth-order valence-corrected chi connectivity index (χ4v) is 4.23. The molecule has 0 spiro atoms. The maximum Gasteiger partial charge on any atom is 0.240 e. The Hall–Kier alpha value is -1.44. The van der Waals surface area contributed by atoms with E-state index < -0.39 is 10.0 Å². The molecular formula is C14H17N3O2S2. The number of thiazole rings is 1. The topological polar surface area (TPSA) is 85.1 Å². The van der Waals surface area contributed by atoms with Crippen molar-refractivity contribution in [3.63, 3.8) is 0 Å². The second-order valence-electron chi connectivity index (χ2n) is 5.11. The van der Waals surface area contributed by atoms with Gasteiger partial charge in [-0.25, -0.2) is 18.1 Å². The molecule has 0 amide bonds. The molecule has 5 nitrogen and oxygen atoms in total. The smallest absolute Gasteiger partial charge is 0.240 e. The maximum atomic E-state index is 12.3. The minimum Gasteiger partial charge on any atom is -0.375 e. The van der Waals surface area contributed by atoms with Crippen LogP contribution in [0.5, 0.6) is 0 Å². The van der Waals surface area contributed by atoms with E-state index >= 15 is 0 Å². The summed E-state index contributed by atoms with van der Waals surface area (Å²) in [4.78, 5) is 4.46. The molecule has 0 saturated heterocycles. The molecule has 112 valence electrons. The minimum atomic E-state index is -3.45. The molecule has 0 bridgehead atoms. The molecule has 1 aliphatic rings. The van der Waals surface area contributed by atoms with Gasteiger partial charge >= 0.3 is 0 Å². The average Bonchev–Trinajstić information content (AvgIpc) is 3.06. The normalized spacial score (nSPS) is 14.3. The van der Waals surface area contributed by atoms with Crippen molar-refractivity contribution < 1.29 is 8.42 Å². The third kappa shape index (κ3) is 3.25. The number of sulfonamides is 1. The van der Waals surface area contributed by atoms with E-state index in [0.717, 1.165) is 30.5 Å². The number of nitrogens with two attached hydrogens (primary N) is 1. The summed E-state index contributed by atoms with van der Waals surface area (Å²) < 4.78 is 27.2. The van der Waals surface area contributed by atoms with Crippen molar-refractivity contribution in [3.8, 4) is 0 Å². The van der Waals surface area contributed by atoms with E-state index in [4.69, 9.17) is 5.73 Å². The molecule has 0 radical (unpaired) electrons. The van der Waals surface area contributed by atoms with Gasteiger partial charge in [-0.3, -0.25) is 0 Å². The number of aromatic nitrogens is 1. The van der Waals surface area contributed by atoms with Crippen LogP contribution in [-0.4, -0.2) is 19.9 Å². The van der Waals surface area contributed by atoms with Crippen molar-refractivity contribution in [1.82, 2.24) is 9.71 Å². The summed E-state index contributed by atoms with van der Waals surface area (Å²) in [5, 5.41) is 2.35. The van der Waals surface area contributed by atoms with Gasteiger partial charge in [-0.05, 0) is 42.5 Å². The van der Waals surface area contributed by atoms with Gasteiger partial charge < -0.3 is 5.73 Å². The molecule has 7 heteroatoms. The molecule has 3 rings (SSSR count). The summed E-state index contributed by atoms with van der Waals surface area (Å²) in [7, 11) is -3.45. The zero-order valence-corrected chi connectivity index (χ0v) is 13.1. The minimum absolute atomic E-state index is 0.322. The second kappa shape index (κ2) is 5.75. The first-order valence-electron chi connectivity index (χ1n) is 6.86. The number of nitrogens with zero attached hydrogens (tertiary/aromatic N) is 1. The summed E-state index contributed by atoms with van der Waals surface area (Å²) in [6.45, 7) is 0.322. The highest BCUT2D eigenvalue weighted by atomic mass is 32.2. The molecule has 1 aromatic heterocycles. The van der Waals surface area contributed by atoms with Crippen LogP contribution in [0.1, 0.15) is 23.2 Å². The van der Waals surface area contributed by atoms with Gasteiger partial charge in [0.15, 0.2) is 5.13 Å². The van der Waals surface area contributed by atoms with E-state index in [9.17, 15) is 8.42 Å². The quantitative estimate of drug-likeness (QED) is 0.877. The van der Waals surface area contributed by atoms with Gasteiger partial charge in [0, 0.05) is 18.3 Å². The molecule has 0 atom stereocenters. The number of anilines is 1. The van der Waals surface area contributed by atoms with Gasteiger partial charge in [-0.2, -0.15) is 0 Å². The van der Waals surface area contributed by atoms with E-state index in [2.05, 4.69) is 9.71 Å². The second-order valence-corrected chi connectivity index (χ2v) is 7.77. The van der Waals surface area contributed by atoms with Crippen molar-refractivity contribution in [1.29, 1.82) is 0 Å². The summed E-state index contributed by atoms with van der Waals surface area (Å²) in [6, 6.07) is 5.41. The van der Waals surface area contributed by atoms with Crippen LogP contribution < -0.4 is 10.5 Å². The number of hydrogen-bond acceptors (Lipinski definition) is 5. The molecule has 0 unspecified atom stereocenters. The molecule has 21 heavy (non-hydrogen) atoms. The standard InChI is InChI=1S/C14H17N3O2S2/c15-14-17-12(9-20-14)6-7-16-21(18,19)13-5-4-10-2-1-3-11(10)8-13/h4-5,8-9,16H,1-3,6-7H2,(H2,15,17). The monoisotopic (exact) mass is 323 g/mol. The van der Waals surface area contributed by atoms with Crippen molar-refractivity contribution in [3.05, 3.63) is 40.4 Å². The highest BCUT2D eigenvalue weighted by Gasteiger charge is 2.18. The van der Waals surface area contributed by atoms with Gasteiger partial charge in [0.1, 0.15) is 0 Å². The predicted molar refractivity (Wildman–Crippen MR) is 83.9 cm³/mol. The zero-order chi connectivity index (χ0) is 14.9. The highest BCUT2D eigenvalue weighted by Crippen LogP contribution is 2.24. The fourth-order valence-electron chi connectivity index (χ4n) is 2.55. The van der Waals surface area contributed by atoms with Crippen LogP contribution in [0.25, 0.3) is 0 Å². The Labute approximate surface area is 128 Å². The third-order valence-electron chi connectivity index (χ3n) is 3.62. The lowest BCUT2D eigenvalue weighted by atomic mass is 10.1. The third-order valence-corrected chi connectivity index (χ3v) is 5.80. The fraction of sp³-hybridized carbons (Fsp3) is 0.357. The van der Waals surface area contributed by atoms with Gasteiger partial charge in [0.2, 0.25) is 10.0 Å². The largest absolute Gasteiger partial charge is 0.375 e. The maximum absolute atomic E-state index is 12.3. The first-order valence-corrected chi connectivity index (χ1v) is 9.22. The Morgan fingerprint density at radius 1 is 1.29 bits per heavy atom. The Bertz CT molecular complexity index is 753. The summed E-state index contributed by atoms with van der Waals surface area (Å²) in [5.41, 5.74) is 8.79. The lowest BCUT2D eigenvalue weighted by Crippen LogP contribution is -2.26. The molecule has 1 heterocycles. The van der Waals surface area contributed by atoms with E-state index in [1.54, 1.807) is 12.1 Å². The molecule has 1 aliphatic carbocycles. The average molecular weight is 323 g/mol. The Morgan fingerprint density at radius 3 is 2.86 bits per heavy atom. The SMILES string of the molecule is Nc1nc(CCNS(=O)(=O)c2ccc3c(c2)CCC3)cs1. The summed E-state index contributed by atoms with van der Waals surface area (Å²) in [6.07, 6.45) is 3.67. The van der Waals surface area contributed by atoms with E-state index in [-0.39, 0.29) is 0 Å². The Balaban J connectivity index is 1.66. The number of nitrogen functional groups attached to an aromatic ring is 1. The molecule has 0 saturated carbocycles. The van der Waals surface area contributed by atoms with Crippen molar-refractivity contribution in [2.24, 2.45) is 0 Å². The zero-order valence-electron chi connectivity index (χ0n) is 11.5. The van der Waals surface area contributed by atoms with Crippen molar-refractivity contribution in [2.45, 2.75) is 30.6 Å². The molecule has 1 aromatic carbocycles. The predicted octanol–water partition coefficient (Wildman–Crippen LogP) is 1.73. The lowest BCUT2D eigenvalue weighted by molar-refractivity contribution is 0.581. The number of nitrogens with one attached hydrogen (secondary N) is 1. The number of fused-ring (bicyclic) bond motifs is 1. The Morgan fingerprint density at radius 2 is 2.10 bits per heavy atom. The van der Waals surface area contributed by atoms with Crippen LogP contribution in [0.3, 0.4) is 0 Å². The highest BCUT2D eigenvalue weighted by molar-refractivity contribution is 7.89. The van der Waals surface area contributed by atoms with Crippen LogP contribution in [0, 0.1) is 0 Å². The van der Waals surface area contributed by atoms with Crippen LogP contribution in [0.2, 0.25) is 0 Å². The number of benzene rings is 1. The van der Waals surface area contributed by atoms with Crippen molar-refractivity contribution >= 4 is 26.5 Å². The number of aryl methyl sites for hydroxylation is 2. The first-order chi connectivity index (χ1) is 10.0. The summed E-state index contributed by atoms with van der Waals surface area (Å²) >= 11 is 1.36. The number of hydrogen-bond donors (Lipinski definition) is 2. The molecule has 0 fully saturated rings. The van der Waals surface area contributed by atoms with E-state index in [0.29, 0.717) is 23.0 Å². The Kier molecular flexibility index (Phi) is 3.97. The molecule has 0 aliphatic heterocycles. The lowest BCUT2D eigenvalue weighted by Gasteiger charge is -2.08. The molecular weight excluding hydrogens is 306 g/mol. The van der Waals surface area contributed by atoms with E-state index in [1.165, 1.54) is 16.9 Å². The first kappa shape index (κ1) is 14.5. The van der Waals surface area contributed by atoms with Gasteiger partial charge in [0.25, 0.3) is 0 Å². The van der Waals surface area contributed by atoms with Crippen LogP contribution in [0.4, 0.5) is 5.13 Å². The van der Waals surface area contributed by atoms with Crippen molar-refractivity contribution in [2.75, 3.05) is 12.3 Å². The van der Waals surface area contributed by atoms with E-state index in [1.807, 2.05) is 11.4 Å².